The quantitative estimate of drug-likeness (QED) is 0.599. The fourth-order valence-corrected chi connectivity index (χ4v) is 1.13. The first-order chi connectivity index (χ1) is 7.79. The van der Waals surface area contributed by atoms with Gasteiger partial charge >= 0.3 is 12.0 Å². The number of nitrogens with two attached hydrogens (primary N) is 1. The van der Waals surface area contributed by atoms with Crippen LogP contribution < -0.4 is 11.1 Å². The molecule has 0 heterocycles. The van der Waals surface area contributed by atoms with Crippen LogP contribution in [0.1, 0.15) is 26.7 Å². The summed E-state index contributed by atoms with van der Waals surface area (Å²) in [6.45, 7) is 3.75. The van der Waals surface area contributed by atoms with Crippen molar-refractivity contribution in [1.29, 1.82) is 0 Å². The second kappa shape index (κ2) is 6.72. The smallest absolute Gasteiger partial charge is 0.326 e. The number of nitrogens with zero attached hydrogens (tertiary/aromatic N) is 1. The fourth-order valence-electron chi connectivity index (χ4n) is 1.13. The van der Waals surface area contributed by atoms with Crippen molar-refractivity contribution >= 4 is 17.9 Å². The lowest BCUT2D eigenvalue weighted by Crippen LogP contribution is -2.50. The normalized spacial score (nSPS) is 13.6. The van der Waals surface area contributed by atoms with Crippen LogP contribution in [0.3, 0.4) is 0 Å². The van der Waals surface area contributed by atoms with Crippen molar-refractivity contribution in [2.75, 3.05) is 7.05 Å². The lowest BCUT2D eigenvalue weighted by molar-refractivity contribution is -0.141. The van der Waals surface area contributed by atoms with Crippen molar-refractivity contribution in [3.63, 3.8) is 0 Å². The number of nitrogens with one attached hydrogen (secondary N) is 1. The first-order valence-corrected chi connectivity index (χ1v) is 5.34. The molecule has 0 aliphatic carbocycles. The van der Waals surface area contributed by atoms with Gasteiger partial charge in [0.1, 0.15) is 6.04 Å². The molecule has 0 aromatic heterocycles. The van der Waals surface area contributed by atoms with Crippen LogP contribution in [0.5, 0.6) is 0 Å². The van der Waals surface area contributed by atoms with Gasteiger partial charge in [-0.1, -0.05) is 6.92 Å². The van der Waals surface area contributed by atoms with Crippen LogP contribution in [0, 0.1) is 0 Å². The highest BCUT2D eigenvalue weighted by Gasteiger charge is 2.24. The lowest BCUT2D eigenvalue weighted by atomic mass is 10.2. The first-order valence-electron chi connectivity index (χ1n) is 5.34. The number of rotatable bonds is 6. The molecule has 7 nitrogen and oxygen atoms in total. The predicted octanol–water partition coefficient (Wildman–Crippen LogP) is -0.245. The summed E-state index contributed by atoms with van der Waals surface area (Å²) in [6, 6.07) is -1.84. The minimum Gasteiger partial charge on any atom is -0.480 e. The summed E-state index contributed by atoms with van der Waals surface area (Å²) < 4.78 is 0. The van der Waals surface area contributed by atoms with Crippen molar-refractivity contribution in [1.82, 2.24) is 10.2 Å². The first kappa shape index (κ1) is 15.2. The van der Waals surface area contributed by atoms with Crippen LogP contribution >= 0.6 is 0 Å². The highest BCUT2D eigenvalue weighted by molar-refractivity contribution is 5.87. The molecular formula is C10H19N3O4. The Hall–Kier alpha value is -1.79. The molecule has 0 aromatic carbocycles. The van der Waals surface area contributed by atoms with Gasteiger partial charge in [0, 0.05) is 13.1 Å². The molecule has 0 spiro atoms. The Morgan fingerprint density at radius 2 is 1.94 bits per heavy atom. The zero-order chi connectivity index (χ0) is 13.6. The van der Waals surface area contributed by atoms with E-state index in [9.17, 15) is 14.4 Å². The SMILES string of the molecule is CCC(C)N(C)C(=O)N[C@@H](CC(N)=O)C(=O)O. The van der Waals surface area contributed by atoms with Gasteiger partial charge in [-0.3, -0.25) is 4.79 Å². The molecule has 4 N–H and O–H groups in total. The van der Waals surface area contributed by atoms with E-state index >= 15 is 0 Å². The number of carbonyl (C=O) groups is 3. The molecule has 0 fully saturated rings. The van der Waals surface area contributed by atoms with E-state index in [1.54, 1.807) is 7.05 Å². The number of hydrogen-bond donors (Lipinski definition) is 3. The molecule has 0 rings (SSSR count). The molecule has 0 saturated carbocycles. The molecule has 0 aliphatic rings. The molecule has 2 atom stereocenters. The highest BCUT2D eigenvalue weighted by Crippen LogP contribution is 2.01. The number of aliphatic carboxylic acids is 1. The second-order valence-corrected chi connectivity index (χ2v) is 3.88. The van der Waals surface area contributed by atoms with Gasteiger partial charge < -0.3 is 21.1 Å². The minimum atomic E-state index is -1.29. The maximum Gasteiger partial charge on any atom is 0.326 e. The van der Waals surface area contributed by atoms with Gasteiger partial charge in [0.25, 0.3) is 0 Å². The standard InChI is InChI=1S/C10H19N3O4/c1-4-6(2)13(3)10(17)12-7(9(15)16)5-8(11)14/h6-7H,4-5H2,1-3H3,(H2,11,14)(H,12,17)(H,15,16)/t6?,7-/m0/s1. The number of carbonyl (C=O) groups excluding carboxylic acids is 2. The zero-order valence-electron chi connectivity index (χ0n) is 10.3. The Balaban J connectivity index is 4.50. The molecular weight excluding hydrogens is 226 g/mol. The number of primary amides is 1. The predicted molar refractivity (Wildman–Crippen MR) is 61.3 cm³/mol. The number of carboxylic acid groups (broad SMARTS) is 1. The summed E-state index contributed by atoms with van der Waals surface area (Å²) in [4.78, 5) is 34.5. The number of carboxylic acids is 1. The summed E-state index contributed by atoms with van der Waals surface area (Å²) in [5, 5.41) is 11.1. The molecule has 0 radical (unpaired) electrons. The number of amides is 3. The van der Waals surface area contributed by atoms with E-state index in [2.05, 4.69) is 5.32 Å². The van der Waals surface area contributed by atoms with Crippen molar-refractivity contribution in [3.8, 4) is 0 Å². The molecule has 0 bridgehead atoms. The number of hydrogen-bond acceptors (Lipinski definition) is 3. The molecule has 17 heavy (non-hydrogen) atoms. The van der Waals surface area contributed by atoms with Crippen LogP contribution in [0.25, 0.3) is 0 Å². The Bertz CT molecular complexity index is 306. The van der Waals surface area contributed by atoms with Crippen molar-refractivity contribution in [2.24, 2.45) is 5.73 Å². The van der Waals surface area contributed by atoms with Gasteiger partial charge in [-0.15, -0.1) is 0 Å². The molecule has 0 aromatic rings. The van der Waals surface area contributed by atoms with Crippen LogP contribution in [-0.4, -0.2) is 47.0 Å². The maximum absolute atomic E-state index is 11.6. The van der Waals surface area contributed by atoms with Crippen LogP contribution in [0.15, 0.2) is 0 Å². The van der Waals surface area contributed by atoms with E-state index < -0.39 is 30.4 Å². The van der Waals surface area contributed by atoms with Gasteiger partial charge in [0.05, 0.1) is 6.42 Å². The second-order valence-electron chi connectivity index (χ2n) is 3.88. The zero-order valence-corrected chi connectivity index (χ0v) is 10.3. The Morgan fingerprint density at radius 3 is 2.29 bits per heavy atom. The summed E-state index contributed by atoms with van der Waals surface area (Å²) in [5.74, 6) is -2.06. The van der Waals surface area contributed by atoms with E-state index in [0.29, 0.717) is 0 Å². The van der Waals surface area contributed by atoms with Crippen LogP contribution in [0.2, 0.25) is 0 Å². The Labute approximate surface area is 100.0 Å². The van der Waals surface area contributed by atoms with E-state index in [1.165, 1.54) is 4.90 Å². The monoisotopic (exact) mass is 245 g/mol. The fraction of sp³-hybridized carbons (Fsp3) is 0.700. The van der Waals surface area contributed by atoms with Gasteiger partial charge in [0.2, 0.25) is 5.91 Å². The van der Waals surface area contributed by atoms with Gasteiger partial charge in [-0.25, -0.2) is 9.59 Å². The molecule has 0 saturated heterocycles. The third-order valence-corrected chi connectivity index (χ3v) is 2.57. The summed E-state index contributed by atoms with van der Waals surface area (Å²) in [7, 11) is 1.56. The summed E-state index contributed by atoms with van der Waals surface area (Å²) in [6.07, 6.45) is 0.326. The summed E-state index contributed by atoms with van der Waals surface area (Å²) >= 11 is 0. The lowest BCUT2D eigenvalue weighted by Gasteiger charge is -2.25. The van der Waals surface area contributed by atoms with Gasteiger partial charge in [0.15, 0.2) is 0 Å². The molecule has 7 heteroatoms. The highest BCUT2D eigenvalue weighted by atomic mass is 16.4. The third kappa shape index (κ3) is 5.19. The van der Waals surface area contributed by atoms with Crippen molar-refractivity contribution in [2.45, 2.75) is 38.8 Å². The Kier molecular flexibility index (Phi) is 6.01. The maximum atomic E-state index is 11.6. The molecule has 0 aliphatic heterocycles. The van der Waals surface area contributed by atoms with E-state index in [0.717, 1.165) is 6.42 Å². The van der Waals surface area contributed by atoms with Crippen molar-refractivity contribution in [3.05, 3.63) is 0 Å². The van der Waals surface area contributed by atoms with Crippen LogP contribution in [-0.2, 0) is 9.59 Å². The van der Waals surface area contributed by atoms with E-state index in [4.69, 9.17) is 10.8 Å². The average molecular weight is 245 g/mol. The molecule has 1 unspecified atom stereocenters. The van der Waals surface area contributed by atoms with E-state index in [1.807, 2.05) is 13.8 Å². The van der Waals surface area contributed by atoms with Gasteiger partial charge in [-0.2, -0.15) is 0 Å². The third-order valence-electron chi connectivity index (χ3n) is 2.57. The van der Waals surface area contributed by atoms with E-state index in [-0.39, 0.29) is 6.04 Å². The van der Waals surface area contributed by atoms with Gasteiger partial charge in [-0.05, 0) is 13.3 Å². The average Bonchev–Trinajstić information content (AvgIpc) is 2.25. The molecule has 98 valence electrons. The van der Waals surface area contributed by atoms with Crippen molar-refractivity contribution < 1.29 is 19.5 Å². The Morgan fingerprint density at radius 1 is 1.41 bits per heavy atom. The topological polar surface area (TPSA) is 113 Å². The summed E-state index contributed by atoms with van der Waals surface area (Å²) in [5.41, 5.74) is 4.90. The largest absolute Gasteiger partial charge is 0.480 e. The minimum absolute atomic E-state index is 0.0157. The molecule has 3 amide bonds. The number of urea groups is 1. The van der Waals surface area contributed by atoms with Crippen LogP contribution in [0.4, 0.5) is 4.79 Å².